The highest BCUT2D eigenvalue weighted by atomic mass is 32.1. The molecular weight excluding hydrogens is 414 g/mol. The summed E-state index contributed by atoms with van der Waals surface area (Å²) in [5.74, 6) is 0.0925. The molecule has 0 aliphatic carbocycles. The first-order chi connectivity index (χ1) is 14.7. The van der Waals surface area contributed by atoms with Crippen molar-refractivity contribution in [1.29, 1.82) is 0 Å². The summed E-state index contributed by atoms with van der Waals surface area (Å²) < 4.78 is 3.25. The molecule has 2 atom stereocenters. The highest BCUT2D eigenvalue weighted by Crippen LogP contribution is 2.32. The van der Waals surface area contributed by atoms with Crippen molar-refractivity contribution in [3.8, 4) is 0 Å². The number of aliphatic hydroxyl groups is 1. The Balaban J connectivity index is 1.85. The van der Waals surface area contributed by atoms with Gasteiger partial charge < -0.3 is 10.8 Å². The molecule has 4 rings (SSSR count). The molecule has 0 bridgehead atoms. The molecule has 0 saturated carbocycles. The lowest BCUT2D eigenvalue weighted by molar-refractivity contribution is -0.124. The number of amides is 1. The summed E-state index contributed by atoms with van der Waals surface area (Å²) in [5.41, 5.74) is 5.69. The van der Waals surface area contributed by atoms with Gasteiger partial charge in [-0.2, -0.15) is 5.10 Å². The van der Waals surface area contributed by atoms with E-state index >= 15 is 0 Å². The molecule has 4 heterocycles. The maximum atomic E-state index is 13.5. The fourth-order valence-electron chi connectivity index (χ4n) is 4.66. The summed E-state index contributed by atoms with van der Waals surface area (Å²) in [4.78, 5) is 29.3. The summed E-state index contributed by atoms with van der Waals surface area (Å²) in [6.07, 6.45) is 1.64. The lowest BCUT2D eigenvalue weighted by Gasteiger charge is -2.44. The minimum absolute atomic E-state index is 0.0174. The number of hydrogen-bond acceptors (Lipinski definition) is 6. The third-order valence-electron chi connectivity index (χ3n) is 6.50. The first-order valence-corrected chi connectivity index (χ1v) is 11.7. The van der Waals surface area contributed by atoms with E-state index in [0.29, 0.717) is 12.1 Å². The Morgan fingerprint density at radius 1 is 1.42 bits per heavy atom. The highest BCUT2D eigenvalue weighted by Gasteiger charge is 2.38. The van der Waals surface area contributed by atoms with E-state index in [2.05, 4.69) is 4.90 Å². The van der Waals surface area contributed by atoms with Crippen molar-refractivity contribution in [3.63, 3.8) is 0 Å². The Morgan fingerprint density at radius 3 is 2.81 bits per heavy atom. The molecule has 0 radical (unpaired) electrons. The SMILES string of the molecule is CC(C)c1nn(C(C(N)=O)[C@@H]2CCCN(C(C)(C)CO)C2)c(=O)c2cc3ccsc3n12. The van der Waals surface area contributed by atoms with Crippen LogP contribution in [0, 0.1) is 5.92 Å². The van der Waals surface area contributed by atoms with Gasteiger partial charge in [0.1, 0.15) is 22.2 Å². The molecule has 31 heavy (non-hydrogen) atoms. The van der Waals surface area contributed by atoms with Crippen molar-refractivity contribution in [1.82, 2.24) is 19.1 Å². The molecule has 3 N–H and O–H groups in total. The molecule has 9 heteroatoms. The van der Waals surface area contributed by atoms with Gasteiger partial charge in [0.15, 0.2) is 0 Å². The van der Waals surface area contributed by atoms with Crippen LogP contribution in [0.2, 0.25) is 0 Å². The van der Waals surface area contributed by atoms with Crippen LogP contribution in [0.4, 0.5) is 0 Å². The zero-order valence-electron chi connectivity index (χ0n) is 18.5. The minimum atomic E-state index is -0.833. The normalized spacial score (nSPS) is 19.5. The molecule has 1 aliphatic rings. The Kier molecular flexibility index (Phi) is 5.70. The average Bonchev–Trinajstić information content (AvgIpc) is 3.31. The second-order valence-electron chi connectivity index (χ2n) is 9.47. The largest absolute Gasteiger partial charge is 0.394 e. The Labute approximate surface area is 185 Å². The number of thiophene rings is 1. The monoisotopic (exact) mass is 445 g/mol. The van der Waals surface area contributed by atoms with Crippen LogP contribution in [-0.4, -0.2) is 55.3 Å². The maximum Gasteiger partial charge on any atom is 0.291 e. The first-order valence-electron chi connectivity index (χ1n) is 10.8. The van der Waals surface area contributed by atoms with Crippen LogP contribution < -0.4 is 11.3 Å². The standard InChI is InChI=1S/C22H31N5O3S/c1-13(2)19-24-27(20(30)16-10-14-7-9-31-21(14)26(16)19)17(18(23)29)15-6-5-8-25(11-15)22(3,4)12-28/h7,9-10,13,15,17,28H,5-6,8,11-12H2,1-4H3,(H2,23,29)/t15-,17?/m1/s1. The van der Waals surface area contributed by atoms with Crippen LogP contribution in [-0.2, 0) is 4.79 Å². The van der Waals surface area contributed by atoms with E-state index in [1.54, 1.807) is 11.3 Å². The van der Waals surface area contributed by atoms with Gasteiger partial charge in [0.05, 0.1) is 6.61 Å². The van der Waals surface area contributed by atoms with Gasteiger partial charge in [0, 0.05) is 29.3 Å². The van der Waals surface area contributed by atoms with Gasteiger partial charge in [0.2, 0.25) is 5.91 Å². The number of nitrogens with two attached hydrogens (primary N) is 1. The summed E-state index contributed by atoms with van der Waals surface area (Å²) in [7, 11) is 0. The van der Waals surface area contributed by atoms with E-state index in [9.17, 15) is 14.7 Å². The van der Waals surface area contributed by atoms with Crippen LogP contribution in [0.5, 0.6) is 0 Å². The summed E-state index contributed by atoms with van der Waals surface area (Å²) in [6, 6.07) is 3.03. The van der Waals surface area contributed by atoms with Crippen LogP contribution in [0.15, 0.2) is 22.3 Å². The van der Waals surface area contributed by atoms with Crippen LogP contribution >= 0.6 is 11.3 Å². The molecule has 1 unspecified atom stereocenters. The number of primary amides is 1. The van der Waals surface area contributed by atoms with Gasteiger partial charge in [-0.15, -0.1) is 11.3 Å². The third-order valence-corrected chi connectivity index (χ3v) is 7.41. The van der Waals surface area contributed by atoms with E-state index in [4.69, 9.17) is 10.8 Å². The Morgan fingerprint density at radius 2 is 2.16 bits per heavy atom. The number of carbonyl (C=O) groups is 1. The van der Waals surface area contributed by atoms with Gasteiger partial charge in [-0.3, -0.25) is 18.9 Å². The lowest BCUT2D eigenvalue weighted by Crippen LogP contribution is -2.54. The van der Waals surface area contributed by atoms with Crippen molar-refractivity contribution in [3.05, 3.63) is 33.7 Å². The van der Waals surface area contributed by atoms with Crippen LogP contribution in [0.3, 0.4) is 0 Å². The molecule has 1 amide bonds. The van der Waals surface area contributed by atoms with Crippen molar-refractivity contribution in [2.24, 2.45) is 11.7 Å². The molecule has 1 saturated heterocycles. The number of rotatable bonds is 6. The maximum absolute atomic E-state index is 13.5. The molecule has 8 nitrogen and oxygen atoms in total. The number of nitrogens with zero attached hydrogens (tertiary/aromatic N) is 4. The smallest absolute Gasteiger partial charge is 0.291 e. The second kappa shape index (κ2) is 8.03. The summed E-state index contributed by atoms with van der Waals surface area (Å²) in [5, 5.41) is 17.5. The fraction of sp³-hybridized carbons (Fsp3) is 0.591. The zero-order valence-corrected chi connectivity index (χ0v) is 19.4. The topological polar surface area (TPSA) is 106 Å². The highest BCUT2D eigenvalue weighted by molar-refractivity contribution is 7.16. The fourth-order valence-corrected chi connectivity index (χ4v) is 5.56. The quantitative estimate of drug-likeness (QED) is 0.606. The first kappa shape index (κ1) is 22.0. The molecule has 3 aromatic rings. The number of carbonyl (C=O) groups excluding carboxylic acids is 1. The van der Waals surface area contributed by atoms with E-state index < -0.39 is 17.5 Å². The molecule has 168 valence electrons. The summed E-state index contributed by atoms with van der Waals surface area (Å²) >= 11 is 1.57. The molecule has 1 aliphatic heterocycles. The zero-order chi connectivity index (χ0) is 22.5. The number of piperidine rings is 1. The Hall–Kier alpha value is -2.23. The van der Waals surface area contributed by atoms with Crippen molar-refractivity contribution in [2.45, 2.75) is 58.0 Å². The van der Waals surface area contributed by atoms with E-state index in [-0.39, 0.29) is 24.0 Å². The lowest BCUT2D eigenvalue weighted by atomic mass is 9.87. The van der Waals surface area contributed by atoms with Crippen LogP contribution in [0.25, 0.3) is 15.7 Å². The van der Waals surface area contributed by atoms with Crippen molar-refractivity contribution >= 4 is 33.0 Å². The van der Waals surface area contributed by atoms with Crippen LogP contribution in [0.1, 0.15) is 58.3 Å². The number of aliphatic hydroxyl groups excluding tert-OH is 1. The second-order valence-corrected chi connectivity index (χ2v) is 10.4. The van der Waals surface area contributed by atoms with Gasteiger partial charge in [-0.1, -0.05) is 13.8 Å². The van der Waals surface area contributed by atoms with E-state index in [0.717, 1.165) is 35.4 Å². The predicted octanol–water partition coefficient (Wildman–Crippen LogP) is 2.34. The molecule has 3 aromatic heterocycles. The number of aromatic nitrogens is 3. The summed E-state index contributed by atoms with van der Waals surface area (Å²) in [6.45, 7) is 9.45. The number of hydrogen-bond donors (Lipinski definition) is 2. The van der Waals surface area contributed by atoms with E-state index in [1.807, 2.05) is 49.6 Å². The van der Waals surface area contributed by atoms with Gasteiger partial charge >= 0.3 is 0 Å². The van der Waals surface area contributed by atoms with Gasteiger partial charge in [-0.05, 0) is 50.7 Å². The average molecular weight is 446 g/mol. The molecular formula is C22H31N5O3S. The number of likely N-dealkylation sites (tertiary alicyclic amines) is 1. The predicted molar refractivity (Wildman–Crippen MR) is 123 cm³/mol. The number of fused-ring (bicyclic) bond motifs is 3. The van der Waals surface area contributed by atoms with E-state index in [1.165, 1.54) is 4.68 Å². The molecule has 0 aromatic carbocycles. The molecule has 1 fully saturated rings. The molecule has 0 spiro atoms. The Bertz CT molecular complexity index is 1180. The minimum Gasteiger partial charge on any atom is -0.394 e. The third kappa shape index (κ3) is 3.68. The van der Waals surface area contributed by atoms with Crippen molar-refractivity contribution in [2.75, 3.05) is 19.7 Å². The van der Waals surface area contributed by atoms with Crippen molar-refractivity contribution < 1.29 is 9.90 Å². The van der Waals surface area contributed by atoms with Gasteiger partial charge in [0.25, 0.3) is 5.56 Å². The van der Waals surface area contributed by atoms with Gasteiger partial charge in [-0.25, -0.2) is 4.68 Å².